The number of rotatable bonds is 5. The second kappa shape index (κ2) is 6.59. The lowest BCUT2D eigenvalue weighted by atomic mass is 10.1. The summed E-state index contributed by atoms with van der Waals surface area (Å²) in [6, 6.07) is 2.05. The summed E-state index contributed by atoms with van der Waals surface area (Å²) in [6.45, 7) is 5.02. The lowest BCUT2D eigenvalue weighted by Gasteiger charge is -2.23. The van der Waals surface area contributed by atoms with Crippen LogP contribution in [0.1, 0.15) is 35.3 Å². The molecule has 0 saturated carbocycles. The van der Waals surface area contributed by atoms with Gasteiger partial charge in [0, 0.05) is 17.1 Å². The molecule has 0 radical (unpaired) electrons. The van der Waals surface area contributed by atoms with Gasteiger partial charge in [0.15, 0.2) is 5.13 Å². The van der Waals surface area contributed by atoms with Gasteiger partial charge >= 0.3 is 0 Å². The molecule has 23 heavy (non-hydrogen) atoms. The Morgan fingerprint density at radius 2 is 2.30 bits per heavy atom. The number of primary amides is 1. The molecule has 1 atom stereocenters. The minimum Gasteiger partial charge on any atom is -0.369 e. The number of thiazole rings is 1. The van der Waals surface area contributed by atoms with Gasteiger partial charge in [-0.15, -0.1) is 11.3 Å². The first kappa shape index (κ1) is 15.8. The molecule has 8 heteroatoms. The van der Waals surface area contributed by atoms with Gasteiger partial charge in [-0.25, -0.2) is 15.0 Å². The van der Waals surface area contributed by atoms with E-state index in [1.807, 2.05) is 26.1 Å². The van der Waals surface area contributed by atoms with Crippen LogP contribution in [0.5, 0.6) is 0 Å². The molecular formula is C15H20N6OS. The zero-order valence-corrected chi connectivity index (χ0v) is 14.1. The van der Waals surface area contributed by atoms with E-state index in [9.17, 15) is 4.79 Å². The van der Waals surface area contributed by atoms with Crippen LogP contribution in [-0.4, -0.2) is 38.8 Å². The van der Waals surface area contributed by atoms with Crippen molar-refractivity contribution in [3.63, 3.8) is 0 Å². The van der Waals surface area contributed by atoms with Crippen LogP contribution in [0.3, 0.4) is 0 Å². The molecule has 1 fully saturated rings. The lowest BCUT2D eigenvalue weighted by Crippen LogP contribution is -2.33. The Bertz CT molecular complexity index is 716. The van der Waals surface area contributed by atoms with E-state index in [0.717, 1.165) is 40.9 Å². The quantitative estimate of drug-likeness (QED) is 0.868. The molecule has 1 unspecified atom stereocenters. The molecule has 3 heterocycles. The topological polar surface area (TPSA) is 97.0 Å². The van der Waals surface area contributed by atoms with Crippen molar-refractivity contribution in [1.29, 1.82) is 0 Å². The molecule has 3 rings (SSSR count). The Balaban J connectivity index is 1.83. The van der Waals surface area contributed by atoms with E-state index in [0.29, 0.717) is 5.82 Å². The summed E-state index contributed by atoms with van der Waals surface area (Å²) < 4.78 is 0. The summed E-state index contributed by atoms with van der Waals surface area (Å²) in [5, 5.41) is 4.04. The van der Waals surface area contributed by atoms with Crippen molar-refractivity contribution in [2.45, 2.75) is 32.7 Å². The third-order valence-electron chi connectivity index (χ3n) is 3.78. The summed E-state index contributed by atoms with van der Waals surface area (Å²) in [5.41, 5.74) is 6.27. The number of anilines is 2. The van der Waals surface area contributed by atoms with E-state index in [4.69, 9.17) is 5.73 Å². The number of amides is 1. The highest BCUT2D eigenvalue weighted by molar-refractivity contribution is 7.15. The maximum absolute atomic E-state index is 11.2. The number of hydrogen-bond donors (Lipinski definition) is 2. The van der Waals surface area contributed by atoms with Gasteiger partial charge in [-0.2, -0.15) is 0 Å². The van der Waals surface area contributed by atoms with E-state index in [2.05, 4.69) is 25.2 Å². The van der Waals surface area contributed by atoms with E-state index in [1.54, 1.807) is 11.3 Å². The molecule has 0 aromatic carbocycles. The fourth-order valence-electron chi connectivity index (χ4n) is 2.90. The average molecular weight is 332 g/mol. The van der Waals surface area contributed by atoms with E-state index in [-0.39, 0.29) is 18.5 Å². The summed E-state index contributed by atoms with van der Waals surface area (Å²) >= 11 is 1.58. The fraction of sp³-hybridized carbons (Fsp3) is 0.467. The minimum atomic E-state index is -0.306. The number of likely N-dealkylation sites (tertiary alicyclic amines) is 1. The lowest BCUT2D eigenvalue weighted by molar-refractivity contribution is -0.119. The van der Waals surface area contributed by atoms with Crippen LogP contribution in [0.25, 0.3) is 0 Å². The molecule has 2 aromatic rings. The SMILES string of the molecule is Cc1nc(Nc2ncc(C)s2)cc(C2CCCN2CC(N)=O)n1. The van der Waals surface area contributed by atoms with Gasteiger partial charge in [0.05, 0.1) is 18.3 Å². The Labute approximate surface area is 139 Å². The van der Waals surface area contributed by atoms with Gasteiger partial charge in [-0.05, 0) is 33.2 Å². The molecule has 0 bridgehead atoms. The smallest absolute Gasteiger partial charge is 0.231 e. The van der Waals surface area contributed by atoms with E-state index >= 15 is 0 Å². The number of aryl methyl sites for hydroxylation is 2. The Morgan fingerprint density at radius 1 is 1.48 bits per heavy atom. The number of nitrogens with two attached hydrogens (primary N) is 1. The first-order valence-electron chi connectivity index (χ1n) is 7.58. The number of aromatic nitrogens is 3. The number of nitrogens with zero attached hydrogens (tertiary/aromatic N) is 4. The average Bonchev–Trinajstić information content (AvgIpc) is 3.07. The maximum Gasteiger partial charge on any atom is 0.231 e. The zero-order chi connectivity index (χ0) is 16.4. The molecule has 1 aliphatic rings. The number of nitrogens with one attached hydrogen (secondary N) is 1. The molecule has 122 valence electrons. The van der Waals surface area contributed by atoms with Gasteiger partial charge in [0.2, 0.25) is 5.91 Å². The largest absolute Gasteiger partial charge is 0.369 e. The van der Waals surface area contributed by atoms with Crippen molar-refractivity contribution in [2.24, 2.45) is 5.73 Å². The highest BCUT2D eigenvalue weighted by Gasteiger charge is 2.28. The fourth-order valence-corrected chi connectivity index (χ4v) is 3.57. The number of carbonyl (C=O) groups excluding carboxylic acids is 1. The van der Waals surface area contributed by atoms with Crippen molar-refractivity contribution < 1.29 is 4.79 Å². The second-order valence-corrected chi connectivity index (χ2v) is 6.96. The normalized spacial score (nSPS) is 18.3. The van der Waals surface area contributed by atoms with Gasteiger partial charge in [0.25, 0.3) is 0 Å². The van der Waals surface area contributed by atoms with Gasteiger partial charge in [0.1, 0.15) is 11.6 Å². The Morgan fingerprint density at radius 3 is 3.00 bits per heavy atom. The van der Waals surface area contributed by atoms with Gasteiger partial charge in [-0.3, -0.25) is 9.69 Å². The van der Waals surface area contributed by atoms with Crippen molar-refractivity contribution in [3.05, 3.63) is 28.7 Å². The Kier molecular flexibility index (Phi) is 4.53. The predicted octanol–water partition coefficient (Wildman–Crippen LogP) is 1.92. The van der Waals surface area contributed by atoms with Crippen LogP contribution in [0.15, 0.2) is 12.3 Å². The van der Waals surface area contributed by atoms with Crippen LogP contribution in [0.4, 0.5) is 10.9 Å². The molecule has 0 aliphatic carbocycles. The molecule has 2 aromatic heterocycles. The highest BCUT2D eigenvalue weighted by atomic mass is 32.1. The minimum absolute atomic E-state index is 0.114. The predicted molar refractivity (Wildman–Crippen MR) is 89.6 cm³/mol. The summed E-state index contributed by atoms with van der Waals surface area (Å²) in [7, 11) is 0. The molecule has 1 saturated heterocycles. The first-order valence-corrected chi connectivity index (χ1v) is 8.40. The molecule has 7 nitrogen and oxygen atoms in total. The monoisotopic (exact) mass is 332 g/mol. The zero-order valence-electron chi connectivity index (χ0n) is 13.2. The second-order valence-electron chi connectivity index (χ2n) is 5.72. The molecule has 3 N–H and O–H groups in total. The maximum atomic E-state index is 11.2. The summed E-state index contributed by atoms with van der Waals surface area (Å²) in [6.07, 6.45) is 3.84. The first-order chi connectivity index (χ1) is 11.0. The van der Waals surface area contributed by atoms with Crippen LogP contribution in [0, 0.1) is 13.8 Å². The summed E-state index contributed by atoms with van der Waals surface area (Å²) in [4.78, 5) is 27.7. The standard InChI is InChI=1S/C15H20N6OS/c1-9-7-17-15(23-9)20-14-6-11(18-10(2)19-14)12-4-3-5-21(12)8-13(16)22/h6-7,12H,3-5,8H2,1-2H3,(H2,16,22)(H,17,18,19,20). The number of hydrogen-bond acceptors (Lipinski definition) is 7. The van der Waals surface area contributed by atoms with E-state index in [1.165, 1.54) is 0 Å². The van der Waals surface area contributed by atoms with Crippen LogP contribution in [-0.2, 0) is 4.79 Å². The van der Waals surface area contributed by atoms with Crippen molar-refractivity contribution >= 4 is 28.2 Å². The highest BCUT2D eigenvalue weighted by Crippen LogP contribution is 2.32. The molecular weight excluding hydrogens is 312 g/mol. The van der Waals surface area contributed by atoms with Crippen LogP contribution >= 0.6 is 11.3 Å². The Hall–Kier alpha value is -2.06. The molecule has 1 aliphatic heterocycles. The van der Waals surface area contributed by atoms with Crippen LogP contribution < -0.4 is 11.1 Å². The molecule has 0 spiro atoms. The van der Waals surface area contributed by atoms with Crippen LogP contribution in [0.2, 0.25) is 0 Å². The van der Waals surface area contributed by atoms with Crippen molar-refractivity contribution in [2.75, 3.05) is 18.4 Å². The van der Waals surface area contributed by atoms with Gasteiger partial charge < -0.3 is 11.1 Å². The third-order valence-corrected chi connectivity index (χ3v) is 4.61. The summed E-state index contributed by atoms with van der Waals surface area (Å²) in [5.74, 6) is 1.12. The van der Waals surface area contributed by atoms with Crippen molar-refractivity contribution in [3.8, 4) is 0 Å². The van der Waals surface area contributed by atoms with Crippen molar-refractivity contribution in [1.82, 2.24) is 19.9 Å². The van der Waals surface area contributed by atoms with E-state index < -0.39 is 0 Å². The van der Waals surface area contributed by atoms with Gasteiger partial charge in [-0.1, -0.05) is 0 Å². The molecule has 1 amide bonds. The number of carbonyl (C=O) groups is 1. The third kappa shape index (κ3) is 3.83.